The molecular weight excluding hydrogens is 374 g/mol. The van der Waals surface area contributed by atoms with Gasteiger partial charge in [-0.2, -0.15) is 0 Å². The maximum Gasteiger partial charge on any atom is 0.338 e. The lowest BCUT2D eigenvalue weighted by Crippen LogP contribution is -2.28. The third-order valence-electron chi connectivity index (χ3n) is 4.36. The first-order valence-electron chi connectivity index (χ1n) is 9.22. The maximum atomic E-state index is 12.1. The van der Waals surface area contributed by atoms with E-state index < -0.39 is 11.9 Å². The molecule has 2 aromatic carbocycles. The van der Waals surface area contributed by atoms with E-state index in [-0.39, 0.29) is 13.2 Å². The number of carbonyl (C=O) groups is 2. The van der Waals surface area contributed by atoms with Gasteiger partial charge in [-0.3, -0.25) is 4.79 Å². The van der Waals surface area contributed by atoms with Gasteiger partial charge in [0.1, 0.15) is 0 Å². The normalized spacial score (nSPS) is 10.4. The van der Waals surface area contributed by atoms with E-state index in [0.717, 1.165) is 11.1 Å². The van der Waals surface area contributed by atoms with Gasteiger partial charge in [-0.05, 0) is 41.3 Å². The quantitative estimate of drug-likeness (QED) is 0.649. The molecule has 0 atom stereocenters. The molecule has 0 saturated heterocycles. The minimum Gasteiger partial charge on any atom is -0.493 e. The van der Waals surface area contributed by atoms with Gasteiger partial charge in [0.2, 0.25) is 5.75 Å². The van der Waals surface area contributed by atoms with Gasteiger partial charge in [0.25, 0.3) is 5.91 Å². The van der Waals surface area contributed by atoms with Crippen molar-refractivity contribution < 1.29 is 28.5 Å². The number of amides is 1. The van der Waals surface area contributed by atoms with Crippen molar-refractivity contribution in [3.63, 3.8) is 0 Å². The van der Waals surface area contributed by atoms with Gasteiger partial charge in [0.05, 0.1) is 26.9 Å². The van der Waals surface area contributed by atoms with Gasteiger partial charge in [0, 0.05) is 6.54 Å². The molecule has 0 aliphatic rings. The third-order valence-corrected chi connectivity index (χ3v) is 4.36. The number of carbonyl (C=O) groups excluding carboxylic acids is 2. The Kier molecular flexibility index (Phi) is 7.88. The molecule has 0 fully saturated rings. The summed E-state index contributed by atoms with van der Waals surface area (Å²) in [5.74, 6) is 0.887. The van der Waals surface area contributed by atoms with Crippen molar-refractivity contribution >= 4 is 11.9 Å². The number of esters is 1. The lowest BCUT2D eigenvalue weighted by atomic mass is 10.0. The van der Waals surface area contributed by atoms with E-state index in [9.17, 15) is 9.59 Å². The van der Waals surface area contributed by atoms with Crippen LogP contribution in [0.25, 0.3) is 0 Å². The summed E-state index contributed by atoms with van der Waals surface area (Å²) in [5.41, 5.74) is 2.29. The standard InChI is InChI=1S/C22H27NO6/c1-14(2)16-6-8-17(9-7-16)22(25)29-13-20(24)23-12-15-10-18(26-3)21(28-5)19(11-15)27-4/h6-11,14H,12-13H2,1-5H3,(H,23,24). The van der Waals surface area contributed by atoms with Crippen molar-refractivity contribution in [2.75, 3.05) is 27.9 Å². The van der Waals surface area contributed by atoms with Crippen molar-refractivity contribution in [2.24, 2.45) is 0 Å². The first kappa shape index (κ1) is 22.1. The van der Waals surface area contributed by atoms with Gasteiger partial charge in [-0.1, -0.05) is 26.0 Å². The minimum absolute atomic E-state index is 0.218. The molecule has 2 rings (SSSR count). The molecule has 7 heteroatoms. The number of benzene rings is 2. The lowest BCUT2D eigenvalue weighted by molar-refractivity contribution is -0.124. The predicted molar refractivity (Wildman–Crippen MR) is 109 cm³/mol. The highest BCUT2D eigenvalue weighted by Crippen LogP contribution is 2.38. The van der Waals surface area contributed by atoms with Crippen LogP contribution >= 0.6 is 0 Å². The van der Waals surface area contributed by atoms with E-state index in [0.29, 0.717) is 28.7 Å². The number of hydrogen-bond acceptors (Lipinski definition) is 6. The molecule has 29 heavy (non-hydrogen) atoms. The first-order chi connectivity index (χ1) is 13.9. The van der Waals surface area contributed by atoms with Gasteiger partial charge < -0.3 is 24.3 Å². The number of ether oxygens (including phenoxy) is 4. The van der Waals surface area contributed by atoms with Gasteiger partial charge >= 0.3 is 5.97 Å². The molecular formula is C22H27NO6. The van der Waals surface area contributed by atoms with Crippen LogP contribution in [0, 0.1) is 0 Å². The van der Waals surface area contributed by atoms with Crippen LogP contribution in [0.3, 0.4) is 0 Å². The Hall–Kier alpha value is -3.22. The van der Waals surface area contributed by atoms with E-state index in [1.807, 2.05) is 12.1 Å². The molecule has 7 nitrogen and oxygen atoms in total. The molecule has 0 saturated carbocycles. The minimum atomic E-state index is -0.539. The SMILES string of the molecule is COc1cc(CNC(=O)COC(=O)c2ccc(C(C)C)cc2)cc(OC)c1OC. The number of hydrogen-bond donors (Lipinski definition) is 1. The fourth-order valence-electron chi connectivity index (χ4n) is 2.71. The molecule has 0 aliphatic heterocycles. The van der Waals surface area contributed by atoms with Crippen molar-refractivity contribution in [3.05, 3.63) is 53.1 Å². The summed E-state index contributed by atoms with van der Waals surface area (Å²) in [4.78, 5) is 24.1. The first-order valence-corrected chi connectivity index (χ1v) is 9.22. The molecule has 0 unspecified atom stereocenters. The van der Waals surface area contributed by atoms with Crippen molar-refractivity contribution in [1.29, 1.82) is 0 Å². The molecule has 0 spiro atoms. The molecule has 1 amide bonds. The molecule has 2 aromatic rings. The van der Waals surface area contributed by atoms with E-state index in [1.54, 1.807) is 24.3 Å². The van der Waals surface area contributed by atoms with Crippen LogP contribution in [-0.2, 0) is 16.1 Å². The number of methoxy groups -OCH3 is 3. The summed E-state index contributed by atoms with van der Waals surface area (Å²) in [6, 6.07) is 10.6. The monoisotopic (exact) mass is 401 g/mol. The second-order valence-corrected chi connectivity index (χ2v) is 6.66. The summed E-state index contributed by atoms with van der Waals surface area (Å²) in [6.45, 7) is 4.00. The van der Waals surface area contributed by atoms with Crippen LogP contribution in [0.15, 0.2) is 36.4 Å². The highest BCUT2D eigenvalue weighted by molar-refractivity contribution is 5.91. The summed E-state index contributed by atoms with van der Waals surface area (Å²) >= 11 is 0. The summed E-state index contributed by atoms with van der Waals surface area (Å²) in [7, 11) is 4.56. The average Bonchev–Trinajstić information content (AvgIpc) is 2.74. The van der Waals surface area contributed by atoms with E-state index in [1.165, 1.54) is 21.3 Å². The van der Waals surface area contributed by atoms with Crippen LogP contribution in [0.1, 0.15) is 41.3 Å². The van der Waals surface area contributed by atoms with Crippen LogP contribution in [0.5, 0.6) is 17.2 Å². The summed E-state index contributed by atoms with van der Waals surface area (Å²) < 4.78 is 20.9. The summed E-state index contributed by atoms with van der Waals surface area (Å²) in [5, 5.41) is 2.70. The largest absolute Gasteiger partial charge is 0.493 e. The van der Waals surface area contributed by atoms with Crippen LogP contribution < -0.4 is 19.5 Å². The smallest absolute Gasteiger partial charge is 0.338 e. The zero-order chi connectivity index (χ0) is 21.4. The Morgan fingerprint density at radius 3 is 2.00 bits per heavy atom. The number of rotatable bonds is 9. The number of nitrogens with one attached hydrogen (secondary N) is 1. The average molecular weight is 401 g/mol. The van der Waals surface area contributed by atoms with Crippen molar-refractivity contribution in [2.45, 2.75) is 26.3 Å². The Labute approximate surface area is 170 Å². The zero-order valence-electron chi connectivity index (χ0n) is 17.4. The molecule has 0 bridgehead atoms. The summed E-state index contributed by atoms with van der Waals surface area (Å²) in [6.07, 6.45) is 0. The molecule has 156 valence electrons. The highest BCUT2D eigenvalue weighted by atomic mass is 16.5. The molecule has 0 aliphatic carbocycles. The van der Waals surface area contributed by atoms with Crippen LogP contribution in [0.4, 0.5) is 0 Å². The Morgan fingerprint density at radius 1 is 0.931 bits per heavy atom. The molecule has 0 radical (unpaired) electrons. The molecule has 0 aromatic heterocycles. The maximum absolute atomic E-state index is 12.1. The van der Waals surface area contributed by atoms with E-state index in [2.05, 4.69) is 19.2 Å². The van der Waals surface area contributed by atoms with Crippen LogP contribution in [-0.4, -0.2) is 39.8 Å². The molecule has 0 heterocycles. The zero-order valence-corrected chi connectivity index (χ0v) is 17.4. The third kappa shape index (κ3) is 5.88. The Bertz CT molecular complexity index is 820. The van der Waals surface area contributed by atoms with E-state index in [4.69, 9.17) is 18.9 Å². The topological polar surface area (TPSA) is 83.1 Å². The van der Waals surface area contributed by atoms with Gasteiger partial charge in [-0.25, -0.2) is 4.79 Å². The van der Waals surface area contributed by atoms with Crippen LogP contribution in [0.2, 0.25) is 0 Å². The Balaban J connectivity index is 1.90. The second-order valence-electron chi connectivity index (χ2n) is 6.66. The van der Waals surface area contributed by atoms with Crippen molar-refractivity contribution in [3.8, 4) is 17.2 Å². The predicted octanol–water partition coefficient (Wildman–Crippen LogP) is 3.31. The van der Waals surface area contributed by atoms with E-state index >= 15 is 0 Å². The van der Waals surface area contributed by atoms with Crippen molar-refractivity contribution in [1.82, 2.24) is 5.32 Å². The van der Waals surface area contributed by atoms with Gasteiger partial charge in [0.15, 0.2) is 18.1 Å². The fraction of sp³-hybridized carbons (Fsp3) is 0.364. The molecule has 1 N–H and O–H groups in total. The lowest BCUT2D eigenvalue weighted by Gasteiger charge is -2.14. The van der Waals surface area contributed by atoms with Gasteiger partial charge in [-0.15, -0.1) is 0 Å². The highest BCUT2D eigenvalue weighted by Gasteiger charge is 2.14. The fourth-order valence-corrected chi connectivity index (χ4v) is 2.71. The Morgan fingerprint density at radius 2 is 1.52 bits per heavy atom. The second kappa shape index (κ2) is 10.4.